The van der Waals surface area contributed by atoms with Crippen molar-refractivity contribution in [2.24, 2.45) is 0 Å². The summed E-state index contributed by atoms with van der Waals surface area (Å²) in [5.41, 5.74) is 10.4. The molecule has 0 amide bonds. The van der Waals surface area contributed by atoms with Crippen molar-refractivity contribution in [3.05, 3.63) is 176 Å². The van der Waals surface area contributed by atoms with Crippen molar-refractivity contribution < 1.29 is 8.83 Å². The van der Waals surface area contributed by atoms with Crippen LogP contribution in [0.3, 0.4) is 0 Å². The van der Waals surface area contributed by atoms with E-state index < -0.39 is 0 Å². The highest BCUT2D eigenvalue weighted by atomic mass is 32.1. The number of hydrogen-bond acceptors (Lipinski definition) is 6. The van der Waals surface area contributed by atoms with Gasteiger partial charge < -0.3 is 8.83 Å². The maximum atomic E-state index is 6.72. The molecule has 8 aromatic carbocycles. The van der Waals surface area contributed by atoms with Gasteiger partial charge >= 0.3 is 0 Å². The molecule has 4 heterocycles. The lowest BCUT2D eigenvalue weighted by Gasteiger charge is -2.10. The molecule has 6 heteroatoms. The number of thiophene rings is 1. The first kappa shape index (κ1) is 31.9. The van der Waals surface area contributed by atoms with E-state index in [1.54, 1.807) is 0 Å². The van der Waals surface area contributed by atoms with Crippen molar-refractivity contribution in [2.75, 3.05) is 0 Å². The van der Waals surface area contributed by atoms with Gasteiger partial charge in [0, 0.05) is 52.8 Å². The Labute approximate surface area is 330 Å². The second-order valence-electron chi connectivity index (χ2n) is 14.3. The van der Waals surface area contributed by atoms with Crippen LogP contribution >= 0.6 is 11.3 Å². The van der Waals surface area contributed by atoms with E-state index in [0.717, 1.165) is 77.3 Å². The number of aromatic nitrogens is 3. The standard InChI is InChI=1S/C51H29N3O2S/c1-3-13-30(14-4-1)49-52-50(31-15-5-2-6-16-31)54-51(53-49)38-21-11-20-35-40-27-32(25-26-42(40)56-48(35)38)39-28-33(29-43-46(39)36-17-7-9-22-41(36)55-43)34-19-12-24-45-47(34)37-18-8-10-23-44(37)57-45/h1-29H. The number of para-hydroxylation sites is 2. The molecule has 12 rings (SSSR count). The molecule has 57 heavy (non-hydrogen) atoms. The SMILES string of the molecule is c1ccc(-c2nc(-c3ccccc3)nc(-c3cccc4c3oc3ccc(-c5cc(-c6cccc7sc8ccccc8c67)cc6oc7ccccc7c56)cc34)n2)cc1. The number of benzene rings is 8. The summed E-state index contributed by atoms with van der Waals surface area (Å²) in [4.78, 5) is 15.0. The fourth-order valence-electron chi connectivity index (χ4n) is 8.32. The topological polar surface area (TPSA) is 65.0 Å². The molecule has 266 valence electrons. The molecule has 0 aliphatic heterocycles. The molecule has 0 aliphatic rings. The van der Waals surface area contributed by atoms with E-state index in [4.69, 9.17) is 23.8 Å². The van der Waals surface area contributed by atoms with Crippen molar-refractivity contribution in [3.63, 3.8) is 0 Å². The Morgan fingerprint density at radius 1 is 0.333 bits per heavy atom. The molecule has 0 unspecified atom stereocenters. The number of hydrogen-bond donors (Lipinski definition) is 0. The minimum absolute atomic E-state index is 0.557. The third kappa shape index (κ3) is 5.12. The molecular formula is C51H29N3O2S. The number of nitrogens with zero attached hydrogens (tertiary/aromatic N) is 3. The van der Waals surface area contributed by atoms with Gasteiger partial charge in [-0.05, 0) is 70.8 Å². The van der Waals surface area contributed by atoms with Gasteiger partial charge in [-0.15, -0.1) is 11.3 Å². The normalized spacial score (nSPS) is 11.9. The maximum absolute atomic E-state index is 6.72. The van der Waals surface area contributed by atoms with Gasteiger partial charge in [0.05, 0.1) is 5.56 Å². The van der Waals surface area contributed by atoms with E-state index in [2.05, 4.69) is 97.1 Å². The highest BCUT2D eigenvalue weighted by Gasteiger charge is 2.21. The molecule has 0 atom stereocenters. The van der Waals surface area contributed by atoms with Crippen molar-refractivity contribution in [2.45, 2.75) is 0 Å². The van der Waals surface area contributed by atoms with Gasteiger partial charge in [-0.25, -0.2) is 15.0 Å². The predicted octanol–water partition coefficient (Wildman–Crippen LogP) is 14.4. The molecule has 0 saturated heterocycles. The zero-order chi connectivity index (χ0) is 37.5. The lowest BCUT2D eigenvalue weighted by Crippen LogP contribution is -2.00. The van der Waals surface area contributed by atoms with Gasteiger partial charge in [-0.3, -0.25) is 0 Å². The van der Waals surface area contributed by atoms with E-state index in [9.17, 15) is 0 Å². The maximum Gasteiger partial charge on any atom is 0.167 e. The third-order valence-corrected chi connectivity index (χ3v) is 12.1. The van der Waals surface area contributed by atoms with E-state index in [-0.39, 0.29) is 0 Å². The zero-order valence-corrected chi connectivity index (χ0v) is 31.1. The van der Waals surface area contributed by atoms with Gasteiger partial charge in [0.1, 0.15) is 22.3 Å². The minimum Gasteiger partial charge on any atom is -0.456 e. The lowest BCUT2D eigenvalue weighted by molar-refractivity contribution is 0.669. The Balaban J connectivity index is 1.07. The van der Waals surface area contributed by atoms with Crippen molar-refractivity contribution in [1.82, 2.24) is 15.0 Å². The van der Waals surface area contributed by atoms with Crippen LogP contribution in [0.15, 0.2) is 185 Å². The van der Waals surface area contributed by atoms with Crippen LogP contribution in [-0.2, 0) is 0 Å². The number of fused-ring (bicyclic) bond motifs is 9. The Hall–Kier alpha value is -7.41. The Bertz CT molecular complexity index is 3470. The summed E-state index contributed by atoms with van der Waals surface area (Å²) in [6.45, 7) is 0. The highest BCUT2D eigenvalue weighted by Crippen LogP contribution is 2.45. The van der Waals surface area contributed by atoms with Crippen LogP contribution in [0.4, 0.5) is 0 Å². The number of furan rings is 2. The van der Waals surface area contributed by atoms with Crippen LogP contribution in [-0.4, -0.2) is 15.0 Å². The summed E-state index contributed by atoms with van der Waals surface area (Å²) in [5.74, 6) is 1.77. The average molecular weight is 748 g/mol. The molecule has 0 radical (unpaired) electrons. The summed E-state index contributed by atoms with van der Waals surface area (Å²) in [6.07, 6.45) is 0. The molecule has 0 fully saturated rings. The quantitative estimate of drug-likeness (QED) is 0.175. The van der Waals surface area contributed by atoms with E-state index in [0.29, 0.717) is 17.5 Å². The molecule has 4 aromatic heterocycles. The minimum atomic E-state index is 0.557. The van der Waals surface area contributed by atoms with Gasteiger partial charge in [-0.1, -0.05) is 127 Å². The van der Waals surface area contributed by atoms with Crippen molar-refractivity contribution in [1.29, 1.82) is 0 Å². The Morgan fingerprint density at radius 3 is 1.77 bits per heavy atom. The second-order valence-corrected chi connectivity index (χ2v) is 15.4. The summed E-state index contributed by atoms with van der Waals surface area (Å²) < 4.78 is 15.9. The molecule has 12 aromatic rings. The first-order valence-electron chi connectivity index (χ1n) is 18.9. The van der Waals surface area contributed by atoms with Gasteiger partial charge in [-0.2, -0.15) is 0 Å². The zero-order valence-electron chi connectivity index (χ0n) is 30.3. The van der Waals surface area contributed by atoms with Gasteiger partial charge in [0.15, 0.2) is 17.5 Å². The smallest absolute Gasteiger partial charge is 0.167 e. The fraction of sp³-hybridized carbons (Fsp3) is 0. The van der Waals surface area contributed by atoms with Crippen LogP contribution in [0.5, 0.6) is 0 Å². The Morgan fingerprint density at radius 2 is 0.965 bits per heavy atom. The van der Waals surface area contributed by atoms with E-state index in [1.807, 2.05) is 90.2 Å². The summed E-state index contributed by atoms with van der Waals surface area (Å²) in [6, 6.07) is 60.9. The average Bonchev–Trinajstić information content (AvgIpc) is 3.97. The van der Waals surface area contributed by atoms with E-state index in [1.165, 1.54) is 25.7 Å². The van der Waals surface area contributed by atoms with Crippen LogP contribution in [0.1, 0.15) is 0 Å². The predicted molar refractivity (Wildman–Crippen MR) is 234 cm³/mol. The molecule has 0 saturated carbocycles. The monoisotopic (exact) mass is 747 g/mol. The van der Waals surface area contributed by atoms with Gasteiger partial charge in [0.2, 0.25) is 0 Å². The molecular weight excluding hydrogens is 719 g/mol. The van der Waals surface area contributed by atoms with Crippen LogP contribution < -0.4 is 0 Å². The van der Waals surface area contributed by atoms with Crippen molar-refractivity contribution in [3.8, 4) is 56.4 Å². The molecule has 5 nitrogen and oxygen atoms in total. The molecule has 0 bridgehead atoms. The molecule has 0 spiro atoms. The summed E-state index contributed by atoms with van der Waals surface area (Å²) in [7, 11) is 0. The largest absolute Gasteiger partial charge is 0.456 e. The lowest BCUT2D eigenvalue weighted by atomic mass is 9.92. The third-order valence-electron chi connectivity index (χ3n) is 10.9. The van der Waals surface area contributed by atoms with Gasteiger partial charge in [0.25, 0.3) is 0 Å². The first-order valence-corrected chi connectivity index (χ1v) is 19.7. The number of rotatable bonds is 5. The molecule has 0 N–H and O–H groups in total. The fourth-order valence-corrected chi connectivity index (χ4v) is 9.46. The highest BCUT2D eigenvalue weighted by molar-refractivity contribution is 7.25. The summed E-state index contributed by atoms with van der Waals surface area (Å²) in [5, 5.41) is 6.73. The Kier molecular flexibility index (Phi) is 7.03. The molecule has 0 aliphatic carbocycles. The van der Waals surface area contributed by atoms with E-state index >= 15 is 0 Å². The van der Waals surface area contributed by atoms with Crippen LogP contribution in [0.2, 0.25) is 0 Å². The van der Waals surface area contributed by atoms with Crippen molar-refractivity contribution >= 4 is 75.4 Å². The second kappa shape index (κ2) is 12.6. The summed E-state index contributed by atoms with van der Waals surface area (Å²) >= 11 is 1.83. The van der Waals surface area contributed by atoms with Crippen LogP contribution in [0, 0.1) is 0 Å². The first-order chi connectivity index (χ1) is 28.2. The van der Waals surface area contributed by atoms with Crippen LogP contribution in [0.25, 0.3) is 120 Å².